The number of halogens is 1. The molecule has 5 nitrogen and oxygen atoms in total. The minimum absolute atomic E-state index is 0.109. The molecule has 2 fully saturated rings. The third-order valence-electron chi connectivity index (χ3n) is 4.95. The van der Waals surface area contributed by atoms with Gasteiger partial charge in [-0.2, -0.15) is 4.31 Å². The van der Waals surface area contributed by atoms with Crippen LogP contribution < -0.4 is 0 Å². The summed E-state index contributed by atoms with van der Waals surface area (Å²) >= 11 is 0. The highest BCUT2D eigenvalue weighted by molar-refractivity contribution is 7.89. The third-order valence-corrected chi connectivity index (χ3v) is 6.80. The van der Waals surface area contributed by atoms with Gasteiger partial charge in [0.15, 0.2) is 0 Å². The Hall–Kier alpha value is -1.47. The van der Waals surface area contributed by atoms with Crippen LogP contribution in [0.2, 0.25) is 0 Å². The maximum Gasteiger partial charge on any atom is 0.238 e. The summed E-state index contributed by atoms with van der Waals surface area (Å²) in [6.07, 6.45) is 4.13. The van der Waals surface area contributed by atoms with Crippen molar-refractivity contribution in [2.24, 2.45) is 5.92 Å². The molecule has 0 atom stereocenters. The predicted molar refractivity (Wildman–Crippen MR) is 89.1 cm³/mol. The second-order valence-corrected chi connectivity index (χ2v) is 8.77. The maximum absolute atomic E-state index is 13.2. The predicted octanol–water partition coefficient (Wildman–Crippen LogP) is 1.99. The first-order valence-corrected chi connectivity index (χ1v) is 10.0. The van der Waals surface area contributed by atoms with E-state index in [0.29, 0.717) is 37.5 Å². The summed E-state index contributed by atoms with van der Waals surface area (Å²) in [6, 6.07) is 6.13. The van der Waals surface area contributed by atoms with E-state index in [0.717, 1.165) is 12.8 Å². The van der Waals surface area contributed by atoms with E-state index in [1.807, 2.05) is 0 Å². The monoisotopic (exact) mass is 354 g/mol. The minimum atomic E-state index is -3.36. The van der Waals surface area contributed by atoms with Gasteiger partial charge in [0.05, 0.1) is 12.3 Å². The summed E-state index contributed by atoms with van der Waals surface area (Å²) in [5, 5.41) is 0. The highest BCUT2D eigenvalue weighted by atomic mass is 32.2. The smallest absolute Gasteiger partial charge is 0.238 e. The van der Waals surface area contributed by atoms with Crippen molar-refractivity contribution in [3.63, 3.8) is 0 Å². The normalized spacial score (nSPS) is 20.2. The molecule has 1 aromatic rings. The Morgan fingerprint density at radius 2 is 2.00 bits per heavy atom. The molecule has 7 heteroatoms. The largest absolute Gasteiger partial charge is 0.336 e. The minimum Gasteiger partial charge on any atom is -0.336 e. The van der Waals surface area contributed by atoms with Gasteiger partial charge in [-0.25, -0.2) is 12.8 Å². The number of nitrogens with zero attached hydrogens (tertiary/aromatic N) is 2. The van der Waals surface area contributed by atoms with E-state index >= 15 is 0 Å². The molecule has 0 unspecified atom stereocenters. The zero-order valence-corrected chi connectivity index (χ0v) is 14.5. The molecule has 1 heterocycles. The molecule has 1 aliphatic heterocycles. The van der Waals surface area contributed by atoms with Crippen molar-refractivity contribution < 1.29 is 17.6 Å². The zero-order valence-electron chi connectivity index (χ0n) is 13.7. The van der Waals surface area contributed by atoms with Crippen LogP contribution in [0.15, 0.2) is 24.3 Å². The highest BCUT2D eigenvalue weighted by Gasteiger charge is 2.32. The molecular weight excluding hydrogens is 331 g/mol. The second kappa shape index (κ2) is 7.19. The second-order valence-electron chi connectivity index (χ2n) is 6.68. The standard InChI is InChI=1S/C17H23FN2O3S/c18-16-6-2-5-15(11-16)12-19-8-9-20(13-17(19)21)24(22,23)10-7-14-3-1-4-14/h2,5-6,11,14H,1,3-4,7-10,12-13H2. The Balaban J connectivity index is 1.55. The van der Waals surface area contributed by atoms with Crippen LogP contribution in [0.25, 0.3) is 0 Å². The van der Waals surface area contributed by atoms with Crippen LogP contribution in [-0.2, 0) is 21.4 Å². The van der Waals surface area contributed by atoms with E-state index in [4.69, 9.17) is 0 Å². The van der Waals surface area contributed by atoms with Crippen molar-refractivity contribution in [1.82, 2.24) is 9.21 Å². The number of piperazine rings is 1. The van der Waals surface area contributed by atoms with Gasteiger partial charge in [0.1, 0.15) is 5.82 Å². The molecule has 0 aromatic heterocycles. The average molecular weight is 354 g/mol. The number of sulfonamides is 1. The van der Waals surface area contributed by atoms with Gasteiger partial charge in [-0.3, -0.25) is 4.79 Å². The van der Waals surface area contributed by atoms with Gasteiger partial charge in [0.25, 0.3) is 0 Å². The molecule has 1 saturated carbocycles. The number of benzene rings is 1. The Morgan fingerprint density at radius 3 is 2.62 bits per heavy atom. The molecule has 3 rings (SSSR count). The molecule has 0 spiro atoms. The van der Waals surface area contributed by atoms with Crippen molar-refractivity contribution >= 4 is 15.9 Å². The number of amides is 1. The number of carbonyl (C=O) groups excluding carboxylic acids is 1. The van der Waals surface area contributed by atoms with Gasteiger partial charge >= 0.3 is 0 Å². The molecule has 0 N–H and O–H groups in total. The van der Waals surface area contributed by atoms with Crippen LogP contribution in [0.4, 0.5) is 4.39 Å². The number of hydrogen-bond donors (Lipinski definition) is 0. The lowest BCUT2D eigenvalue weighted by atomic mass is 9.84. The van der Waals surface area contributed by atoms with Crippen LogP contribution >= 0.6 is 0 Å². The molecular formula is C17H23FN2O3S. The van der Waals surface area contributed by atoms with Crippen molar-refractivity contribution in [2.75, 3.05) is 25.4 Å². The van der Waals surface area contributed by atoms with Crippen molar-refractivity contribution in [3.05, 3.63) is 35.6 Å². The first-order chi connectivity index (χ1) is 11.4. The lowest BCUT2D eigenvalue weighted by Gasteiger charge is -2.34. The van der Waals surface area contributed by atoms with Gasteiger partial charge in [-0.05, 0) is 30.0 Å². The molecule has 1 amide bonds. The Morgan fingerprint density at radius 1 is 1.21 bits per heavy atom. The van der Waals surface area contributed by atoms with Gasteiger partial charge in [0.2, 0.25) is 15.9 Å². The molecule has 24 heavy (non-hydrogen) atoms. The quantitative estimate of drug-likeness (QED) is 0.785. The molecule has 0 bridgehead atoms. The van der Waals surface area contributed by atoms with Crippen LogP contribution in [-0.4, -0.2) is 48.9 Å². The number of rotatable bonds is 6. The van der Waals surface area contributed by atoms with Gasteiger partial charge in [-0.1, -0.05) is 31.4 Å². The molecule has 1 aromatic carbocycles. The van der Waals surface area contributed by atoms with Crippen LogP contribution in [0.3, 0.4) is 0 Å². The number of carbonyl (C=O) groups is 1. The van der Waals surface area contributed by atoms with Gasteiger partial charge in [-0.15, -0.1) is 0 Å². The first-order valence-electron chi connectivity index (χ1n) is 8.44. The summed E-state index contributed by atoms with van der Waals surface area (Å²) in [6.45, 7) is 0.862. The zero-order chi connectivity index (χ0) is 17.2. The molecule has 1 aliphatic carbocycles. The summed E-state index contributed by atoms with van der Waals surface area (Å²) in [5.74, 6) is 0.106. The summed E-state index contributed by atoms with van der Waals surface area (Å²) in [5.41, 5.74) is 0.713. The molecule has 1 saturated heterocycles. The lowest BCUT2D eigenvalue weighted by Crippen LogP contribution is -2.52. The summed E-state index contributed by atoms with van der Waals surface area (Å²) in [7, 11) is -3.36. The average Bonchev–Trinajstić information content (AvgIpc) is 2.47. The Labute approximate surface area is 142 Å². The Bertz CT molecular complexity index is 704. The molecule has 132 valence electrons. The maximum atomic E-state index is 13.2. The van der Waals surface area contributed by atoms with Crippen LogP contribution in [0, 0.1) is 11.7 Å². The van der Waals surface area contributed by atoms with E-state index in [2.05, 4.69) is 0 Å². The van der Waals surface area contributed by atoms with E-state index in [1.54, 1.807) is 17.0 Å². The number of hydrogen-bond acceptors (Lipinski definition) is 3. The summed E-state index contributed by atoms with van der Waals surface area (Å²) in [4.78, 5) is 13.9. The third kappa shape index (κ3) is 4.13. The van der Waals surface area contributed by atoms with E-state index < -0.39 is 10.0 Å². The summed E-state index contributed by atoms with van der Waals surface area (Å²) < 4.78 is 39.3. The fraction of sp³-hybridized carbons (Fsp3) is 0.588. The Kier molecular flexibility index (Phi) is 5.20. The lowest BCUT2D eigenvalue weighted by molar-refractivity contribution is -0.134. The van der Waals surface area contributed by atoms with Crippen LogP contribution in [0.5, 0.6) is 0 Å². The topological polar surface area (TPSA) is 57.7 Å². The van der Waals surface area contributed by atoms with Gasteiger partial charge < -0.3 is 4.90 Å². The van der Waals surface area contributed by atoms with Gasteiger partial charge in [0, 0.05) is 19.6 Å². The van der Waals surface area contributed by atoms with Crippen molar-refractivity contribution in [2.45, 2.75) is 32.2 Å². The van der Waals surface area contributed by atoms with Crippen molar-refractivity contribution in [3.8, 4) is 0 Å². The highest BCUT2D eigenvalue weighted by Crippen LogP contribution is 2.30. The fourth-order valence-electron chi connectivity index (χ4n) is 3.17. The molecule has 0 radical (unpaired) electrons. The van der Waals surface area contributed by atoms with E-state index in [9.17, 15) is 17.6 Å². The van der Waals surface area contributed by atoms with E-state index in [1.165, 1.54) is 22.9 Å². The molecule has 2 aliphatic rings. The fourth-order valence-corrected chi connectivity index (χ4v) is 4.73. The SMILES string of the molecule is O=C1CN(S(=O)(=O)CCC2CCC2)CCN1Cc1cccc(F)c1. The van der Waals surface area contributed by atoms with Crippen LogP contribution in [0.1, 0.15) is 31.2 Å². The van der Waals surface area contributed by atoms with Crippen molar-refractivity contribution in [1.29, 1.82) is 0 Å². The van der Waals surface area contributed by atoms with E-state index in [-0.39, 0.29) is 24.0 Å². The first kappa shape index (κ1) is 17.4.